The molecule has 8 rings (SSSR count). The standard InChI is InChI=1S/C47H52ClN9O5/c1-46(2)44(47(3,4)45(46)62-35-12-9-31(26-49)37(48)25-35)56-40(58)15-14-39(43(56)61)57-42(60)36-24-34(11-13-38(36)52-53-57)55-22-18-30(19-23-55)28-54-20-16-29(17-21-54)6-5-7-33-10-8-32(27-51-33)41(50)59/h8-13,24-25,27,29-30,39,44-45H,6,14-23,28H2,1-4H3,(H2,50,59). The molecule has 14 nitrogen and oxygen atoms in total. The molecule has 5 heterocycles. The summed E-state index contributed by atoms with van der Waals surface area (Å²) in [5.74, 6) is 6.77. The zero-order valence-electron chi connectivity index (χ0n) is 35.6. The first-order chi connectivity index (χ1) is 29.6. The number of ether oxygens (including phenoxy) is 1. The lowest BCUT2D eigenvalue weighted by atomic mass is 9.48. The van der Waals surface area contributed by atoms with Gasteiger partial charge in [0.15, 0.2) is 0 Å². The van der Waals surface area contributed by atoms with Crippen molar-refractivity contribution in [2.45, 2.75) is 90.8 Å². The predicted octanol–water partition coefficient (Wildman–Crippen LogP) is 5.75. The van der Waals surface area contributed by atoms with E-state index in [1.165, 1.54) is 15.8 Å². The number of fused-ring (bicyclic) bond motifs is 1. The van der Waals surface area contributed by atoms with Crippen LogP contribution in [0.1, 0.15) is 100 Å². The summed E-state index contributed by atoms with van der Waals surface area (Å²) in [5.41, 5.74) is 6.33. The van der Waals surface area contributed by atoms with E-state index >= 15 is 0 Å². The van der Waals surface area contributed by atoms with Gasteiger partial charge in [-0.05, 0) is 105 Å². The fourth-order valence-electron chi connectivity index (χ4n) is 10.6. The number of carbonyl (C=O) groups is 3. The van der Waals surface area contributed by atoms with Gasteiger partial charge in [0.25, 0.3) is 11.5 Å². The number of pyridine rings is 1. The van der Waals surface area contributed by atoms with Crippen molar-refractivity contribution in [3.05, 3.63) is 86.9 Å². The summed E-state index contributed by atoms with van der Waals surface area (Å²) in [6, 6.07) is 14.5. The van der Waals surface area contributed by atoms with Crippen LogP contribution in [0.4, 0.5) is 5.69 Å². The highest BCUT2D eigenvalue weighted by Gasteiger charge is 2.68. The van der Waals surface area contributed by atoms with Gasteiger partial charge in [0.2, 0.25) is 11.8 Å². The van der Waals surface area contributed by atoms with E-state index in [2.05, 4.69) is 43.0 Å². The molecule has 3 saturated heterocycles. The van der Waals surface area contributed by atoms with Gasteiger partial charge < -0.3 is 20.3 Å². The minimum Gasteiger partial charge on any atom is -0.489 e. The number of rotatable bonds is 9. The van der Waals surface area contributed by atoms with Crippen LogP contribution in [-0.2, 0) is 9.59 Å². The quantitative estimate of drug-likeness (QED) is 0.160. The van der Waals surface area contributed by atoms with Gasteiger partial charge >= 0.3 is 0 Å². The molecular weight excluding hydrogens is 806 g/mol. The number of anilines is 1. The van der Waals surface area contributed by atoms with E-state index in [1.807, 2.05) is 45.9 Å². The molecule has 1 unspecified atom stereocenters. The number of piperidine rings is 3. The summed E-state index contributed by atoms with van der Waals surface area (Å²) in [5, 5.41) is 18.6. The van der Waals surface area contributed by atoms with Crippen molar-refractivity contribution in [2.75, 3.05) is 37.6 Å². The second-order valence-corrected chi connectivity index (χ2v) is 18.9. The number of nitrogens with zero attached hydrogens (tertiary/aromatic N) is 8. The van der Waals surface area contributed by atoms with Crippen LogP contribution in [0.2, 0.25) is 5.02 Å². The normalized spacial score (nSPS) is 23.0. The van der Waals surface area contributed by atoms with Gasteiger partial charge in [-0.2, -0.15) is 9.94 Å². The Morgan fingerprint density at radius 1 is 0.935 bits per heavy atom. The van der Waals surface area contributed by atoms with Crippen molar-refractivity contribution in [2.24, 2.45) is 28.4 Å². The third-order valence-corrected chi connectivity index (χ3v) is 13.9. The molecule has 2 aromatic carbocycles. The number of hydrogen-bond acceptors (Lipinski definition) is 11. The number of primary amides is 1. The average molecular weight is 858 g/mol. The Kier molecular flexibility index (Phi) is 11.8. The second-order valence-electron chi connectivity index (χ2n) is 18.5. The smallest absolute Gasteiger partial charge is 0.278 e. The average Bonchev–Trinajstić information content (AvgIpc) is 3.25. The predicted molar refractivity (Wildman–Crippen MR) is 234 cm³/mol. The number of imide groups is 1. The van der Waals surface area contributed by atoms with Gasteiger partial charge in [0.1, 0.15) is 35.2 Å². The summed E-state index contributed by atoms with van der Waals surface area (Å²) >= 11 is 6.29. The van der Waals surface area contributed by atoms with Crippen LogP contribution in [0.5, 0.6) is 5.75 Å². The molecule has 0 radical (unpaired) electrons. The molecule has 0 spiro atoms. The molecule has 15 heteroatoms. The van der Waals surface area contributed by atoms with Crippen molar-refractivity contribution in [3.8, 4) is 23.7 Å². The maximum Gasteiger partial charge on any atom is 0.278 e. The number of carbonyl (C=O) groups excluding carboxylic acids is 3. The van der Waals surface area contributed by atoms with Gasteiger partial charge in [-0.25, -0.2) is 4.98 Å². The number of benzene rings is 2. The highest BCUT2D eigenvalue weighted by Crippen LogP contribution is 2.59. The van der Waals surface area contributed by atoms with Crippen molar-refractivity contribution in [1.82, 2.24) is 29.8 Å². The Hall–Kier alpha value is -5.83. The number of aromatic nitrogens is 4. The highest BCUT2D eigenvalue weighted by atomic mass is 35.5. The largest absolute Gasteiger partial charge is 0.489 e. The number of likely N-dealkylation sites (tertiary alicyclic amines) is 2. The molecule has 4 aliphatic rings. The summed E-state index contributed by atoms with van der Waals surface area (Å²) in [6.07, 6.45) is 6.45. The van der Waals surface area contributed by atoms with E-state index in [0.717, 1.165) is 70.5 Å². The first-order valence-electron chi connectivity index (χ1n) is 21.5. The SMILES string of the molecule is CC1(C)C(Oc2ccc(C#N)c(Cl)c2)C(C)(C)C1N1C(=O)CCC(n2nnc3ccc(N4CCC(CN5CCC(CC#Cc6ccc(C(N)=O)cn6)CC5)CC4)cc3c2=O)C1=O. The molecule has 3 aliphatic heterocycles. The number of amides is 3. The lowest BCUT2D eigenvalue weighted by Crippen LogP contribution is -2.77. The number of halogens is 1. The van der Waals surface area contributed by atoms with E-state index in [9.17, 15) is 24.4 Å². The summed E-state index contributed by atoms with van der Waals surface area (Å²) in [4.78, 5) is 63.9. The molecule has 1 saturated carbocycles. The summed E-state index contributed by atoms with van der Waals surface area (Å²) < 4.78 is 7.59. The van der Waals surface area contributed by atoms with Gasteiger partial charge in [0, 0.05) is 61.3 Å². The highest BCUT2D eigenvalue weighted by molar-refractivity contribution is 6.31. The summed E-state index contributed by atoms with van der Waals surface area (Å²) in [7, 11) is 0. The zero-order chi connectivity index (χ0) is 43.9. The molecule has 4 fully saturated rings. The Morgan fingerprint density at radius 2 is 1.66 bits per heavy atom. The monoisotopic (exact) mass is 857 g/mol. The number of hydrogen-bond donors (Lipinski definition) is 1. The topological polar surface area (TPSA) is 181 Å². The van der Waals surface area contributed by atoms with Gasteiger partial charge in [-0.15, -0.1) is 5.10 Å². The van der Waals surface area contributed by atoms with Crippen LogP contribution < -0.4 is 20.9 Å². The molecule has 2 aromatic heterocycles. The Bertz CT molecular complexity index is 2540. The first kappa shape index (κ1) is 42.8. The third kappa shape index (κ3) is 8.26. The summed E-state index contributed by atoms with van der Waals surface area (Å²) in [6.45, 7) is 12.8. The van der Waals surface area contributed by atoms with Crippen molar-refractivity contribution in [3.63, 3.8) is 0 Å². The van der Waals surface area contributed by atoms with Gasteiger partial charge in [-0.3, -0.25) is 24.1 Å². The van der Waals surface area contributed by atoms with E-state index in [4.69, 9.17) is 22.1 Å². The molecule has 0 bridgehead atoms. The number of nitriles is 1. The van der Waals surface area contributed by atoms with E-state index in [0.29, 0.717) is 45.3 Å². The molecule has 322 valence electrons. The van der Waals surface area contributed by atoms with Crippen LogP contribution in [0.25, 0.3) is 10.9 Å². The molecule has 62 heavy (non-hydrogen) atoms. The molecule has 3 amide bonds. The van der Waals surface area contributed by atoms with Crippen LogP contribution in [0.3, 0.4) is 0 Å². The fourth-order valence-corrected chi connectivity index (χ4v) is 10.8. The van der Waals surface area contributed by atoms with E-state index < -0.39 is 46.4 Å². The van der Waals surface area contributed by atoms with Gasteiger partial charge in [-0.1, -0.05) is 50.4 Å². The molecule has 4 aromatic rings. The van der Waals surface area contributed by atoms with Crippen molar-refractivity contribution < 1.29 is 19.1 Å². The van der Waals surface area contributed by atoms with Crippen LogP contribution in [0.15, 0.2) is 59.5 Å². The van der Waals surface area contributed by atoms with Crippen LogP contribution in [-0.4, -0.2) is 92.4 Å². The maximum atomic E-state index is 14.4. The maximum absolute atomic E-state index is 14.4. The lowest BCUT2D eigenvalue weighted by Gasteiger charge is -2.65. The van der Waals surface area contributed by atoms with Gasteiger partial charge in [0.05, 0.1) is 27.6 Å². The number of nitrogens with two attached hydrogens (primary N) is 1. The van der Waals surface area contributed by atoms with Crippen molar-refractivity contribution in [1.29, 1.82) is 5.26 Å². The van der Waals surface area contributed by atoms with E-state index in [-0.39, 0.29) is 23.8 Å². The lowest BCUT2D eigenvalue weighted by molar-refractivity contribution is -0.216. The first-order valence-corrected chi connectivity index (χ1v) is 21.9. The minimum absolute atomic E-state index is 0.0821. The second kappa shape index (κ2) is 17.1. The Morgan fingerprint density at radius 3 is 2.32 bits per heavy atom. The molecule has 2 N–H and O–H groups in total. The Labute approximate surface area is 366 Å². The van der Waals surface area contributed by atoms with E-state index in [1.54, 1.807) is 30.3 Å². The van der Waals surface area contributed by atoms with Crippen LogP contribution >= 0.6 is 11.6 Å². The zero-order valence-corrected chi connectivity index (χ0v) is 36.4. The fraction of sp³-hybridized carbons (Fsp3) is 0.489. The molecular formula is C47H52ClN9O5. The third-order valence-electron chi connectivity index (χ3n) is 13.6. The molecule has 1 atom stereocenters. The van der Waals surface area contributed by atoms with Crippen LogP contribution in [0, 0.1) is 45.8 Å². The Balaban J connectivity index is 0.878. The minimum atomic E-state index is -0.982. The van der Waals surface area contributed by atoms with Crippen molar-refractivity contribution >= 4 is 45.9 Å². The molecule has 1 aliphatic carbocycles.